The summed E-state index contributed by atoms with van der Waals surface area (Å²) in [5, 5.41) is 6.33. The molecule has 0 atom stereocenters. The van der Waals surface area contributed by atoms with Gasteiger partial charge in [0.15, 0.2) is 0 Å². The highest BCUT2D eigenvalue weighted by Gasteiger charge is 2.15. The smallest absolute Gasteiger partial charge is 0.272 e. The SMILES string of the molecule is CCOCCN(CC)C(=O)c1cc(N)n[nH]1. The lowest BCUT2D eigenvalue weighted by atomic mass is 10.3. The molecule has 0 spiro atoms. The molecule has 16 heavy (non-hydrogen) atoms. The first-order valence-corrected chi connectivity index (χ1v) is 5.36. The van der Waals surface area contributed by atoms with E-state index in [0.29, 0.717) is 37.8 Å². The van der Waals surface area contributed by atoms with Crippen molar-refractivity contribution in [3.05, 3.63) is 11.8 Å². The summed E-state index contributed by atoms with van der Waals surface area (Å²) in [5.74, 6) is 0.218. The van der Waals surface area contributed by atoms with Gasteiger partial charge in [-0.15, -0.1) is 0 Å². The number of nitrogen functional groups attached to an aromatic ring is 1. The van der Waals surface area contributed by atoms with Gasteiger partial charge in [-0.05, 0) is 13.8 Å². The second-order valence-corrected chi connectivity index (χ2v) is 3.29. The fourth-order valence-corrected chi connectivity index (χ4v) is 1.34. The van der Waals surface area contributed by atoms with Crippen LogP contribution in [0, 0.1) is 0 Å². The Balaban J connectivity index is 2.55. The number of ether oxygens (including phenoxy) is 1. The summed E-state index contributed by atoms with van der Waals surface area (Å²) in [5.41, 5.74) is 5.85. The van der Waals surface area contributed by atoms with Gasteiger partial charge in [0.2, 0.25) is 0 Å². The lowest BCUT2D eigenvalue weighted by Crippen LogP contribution is -2.34. The zero-order valence-corrected chi connectivity index (χ0v) is 9.69. The molecule has 90 valence electrons. The van der Waals surface area contributed by atoms with Gasteiger partial charge in [-0.3, -0.25) is 9.89 Å². The molecular weight excluding hydrogens is 208 g/mol. The Labute approximate surface area is 94.8 Å². The van der Waals surface area contributed by atoms with Crippen LogP contribution < -0.4 is 5.73 Å². The van der Waals surface area contributed by atoms with Crippen LogP contribution in [0.5, 0.6) is 0 Å². The summed E-state index contributed by atoms with van der Waals surface area (Å²) in [7, 11) is 0. The van der Waals surface area contributed by atoms with E-state index in [4.69, 9.17) is 10.5 Å². The van der Waals surface area contributed by atoms with Crippen LogP contribution >= 0.6 is 0 Å². The Kier molecular flexibility index (Phi) is 4.78. The first kappa shape index (κ1) is 12.5. The van der Waals surface area contributed by atoms with Crippen LogP contribution in [0.4, 0.5) is 5.82 Å². The Hall–Kier alpha value is -1.56. The Morgan fingerprint density at radius 3 is 2.88 bits per heavy atom. The largest absolute Gasteiger partial charge is 0.382 e. The molecule has 0 aliphatic rings. The predicted molar refractivity (Wildman–Crippen MR) is 61.1 cm³/mol. The molecule has 0 aliphatic carbocycles. The van der Waals surface area contributed by atoms with Crippen molar-refractivity contribution in [2.45, 2.75) is 13.8 Å². The summed E-state index contributed by atoms with van der Waals surface area (Å²) in [6.45, 7) is 6.24. The number of H-pyrrole nitrogens is 1. The third-order valence-electron chi connectivity index (χ3n) is 2.21. The van der Waals surface area contributed by atoms with Crippen LogP contribution in [-0.4, -0.2) is 47.3 Å². The number of carbonyl (C=O) groups is 1. The number of amides is 1. The molecule has 0 radical (unpaired) electrons. The summed E-state index contributed by atoms with van der Waals surface area (Å²) >= 11 is 0. The van der Waals surface area contributed by atoms with Gasteiger partial charge in [0.25, 0.3) is 5.91 Å². The summed E-state index contributed by atoms with van der Waals surface area (Å²) < 4.78 is 5.21. The third kappa shape index (κ3) is 3.23. The van der Waals surface area contributed by atoms with Crippen molar-refractivity contribution in [3.8, 4) is 0 Å². The maximum absolute atomic E-state index is 11.9. The first-order valence-electron chi connectivity index (χ1n) is 5.36. The highest BCUT2D eigenvalue weighted by Crippen LogP contribution is 2.04. The minimum Gasteiger partial charge on any atom is -0.382 e. The van der Waals surface area contributed by atoms with Crippen LogP contribution in [0.3, 0.4) is 0 Å². The highest BCUT2D eigenvalue weighted by atomic mass is 16.5. The van der Waals surface area contributed by atoms with E-state index < -0.39 is 0 Å². The number of hydrogen-bond donors (Lipinski definition) is 2. The van der Waals surface area contributed by atoms with Crippen LogP contribution in [-0.2, 0) is 4.74 Å². The fourth-order valence-electron chi connectivity index (χ4n) is 1.34. The molecule has 0 aromatic carbocycles. The molecule has 0 saturated heterocycles. The number of nitrogens with two attached hydrogens (primary N) is 1. The number of carbonyl (C=O) groups excluding carboxylic acids is 1. The van der Waals surface area contributed by atoms with Crippen molar-refractivity contribution in [2.75, 3.05) is 32.0 Å². The molecule has 0 aliphatic heterocycles. The van der Waals surface area contributed by atoms with E-state index in [1.54, 1.807) is 4.90 Å². The van der Waals surface area contributed by atoms with Crippen molar-refractivity contribution in [1.82, 2.24) is 15.1 Å². The van der Waals surface area contributed by atoms with Gasteiger partial charge in [-0.25, -0.2) is 0 Å². The second kappa shape index (κ2) is 6.12. The van der Waals surface area contributed by atoms with E-state index in [1.807, 2.05) is 13.8 Å². The second-order valence-electron chi connectivity index (χ2n) is 3.29. The molecule has 0 fully saturated rings. The highest BCUT2D eigenvalue weighted by molar-refractivity contribution is 5.92. The molecule has 0 unspecified atom stereocenters. The zero-order valence-electron chi connectivity index (χ0n) is 9.69. The molecule has 6 nitrogen and oxygen atoms in total. The van der Waals surface area contributed by atoms with Gasteiger partial charge in [0.1, 0.15) is 11.5 Å². The van der Waals surface area contributed by atoms with Gasteiger partial charge >= 0.3 is 0 Å². The first-order chi connectivity index (χ1) is 7.69. The Morgan fingerprint density at radius 1 is 1.62 bits per heavy atom. The minimum absolute atomic E-state index is 0.105. The molecule has 1 rings (SSSR count). The summed E-state index contributed by atoms with van der Waals surface area (Å²) in [6.07, 6.45) is 0. The molecule has 1 aromatic heterocycles. The molecule has 1 heterocycles. The minimum atomic E-state index is -0.105. The van der Waals surface area contributed by atoms with Crippen molar-refractivity contribution in [1.29, 1.82) is 0 Å². The quantitative estimate of drug-likeness (QED) is 0.691. The van der Waals surface area contributed by atoms with E-state index in [9.17, 15) is 4.79 Å². The molecule has 1 aromatic rings. The topological polar surface area (TPSA) is 84.2 Å². The van der Waals surface area contributed by atoms with Gasteiger partial charge in [-0.1, -0.05) is 0 Å². The van der Waals surface area contributed by atoms with E-state index in [1.165, 1.54) is 6.07 Å². The van der Waals surface area contributed by atoms with Gasteiger partial charge < -0.3 is 15.4 Å². The normalized spacial score (nSPS) is 10.4. The van der Waals surface area contributed by atoms with Gasteiger partial charge in [0, 0.05) is 25.8 Å². The van der Waals surface area contributed by atoms with E-state index in [2.05, 4.69) is 10.2 Å². The van der Waals surface area contributed by atoms with Crippen molar-refractivity contribution in [3.63, 3.8) is 0 Å². The number of nitrogens with zero attached hydrogens (tertiary/aromatic N) is 2. The van der Waals surface area contributed by atoms with Crippen molar-refractivity contribution < 1.29 is 9.53 Å². The molecule has 1 amide bonds. The average molecular weight is 226 g/mol. The van der Waals surface area contributed by atoms with E-state index in [-0.39, 0.29) is 5.91 Å². The monoisotopic (exact) mass is 226 g/mol. The molecule has 0 bridgehead atoms. The van der Waals surface area contributed by atoms with Crippen molar-refractivity contribution >= 4 is 11.7 Å². The van der Waals surface area contributed by atoms with Crippen LogP contribution in [0.15, 0.2) is 6.07 Å². The lowest BCUT2D eigenvalue weighted by Gasteiger charge is -2.19. The van der Waals surface area contributed by atoms with Crippen LogP contribution in [0.25, 0.3) is 0 Å². The van der Waals surface area contributed by atoms with Gasteiger partial charge in [0.05, 0.1) is 6.61 Å². The number of rotatable bonds is 6. The van der Waals surface area contributed by atoms with Crippen LogP contribution in [0.2, 0.25) is 0 Å². The maximum atomic E-state index is 11.9. The molecule has 6 heteroatoms. The summed E-state index contributed by atoms with van der Waals surface area (Å²) in [6, 6.07) is 1.53. The van der Waals surface area contributed by atoms with E-state index >= 15 is 0 Å². The number of aromatic amines is 1. The fraction of sp³-hybridized carbons (Fsp3) is 0.600. The molecule has 0 saturated carbocycles. The average Bonchev–Trinajstić information content (AvgIpc) is 2.70. The summed E-state index contributed by atoms with van der Waals surface area (Å²) in [4.78, 5) is 13.6. The third-order valence-corrected chi connectivity index (χ3v) is 2.21. The number of nitrogens with one attached hydrogen (secondary N) is 1. The number of anilines is 1. The molecule has 3 N–H and O–H groups in total. The van der Waals surface area contributed by atoms with Crippen molar-refractivity contribution in [2.24, 2.45) is 0 Å². The number of likely N-dealkylation sites (N-methyl/N-ethyl adjacent to an activating group) is 1. The van der Waals surface area contributed by atoms with Gasteiger partial charge in [-0.2, -0.15) is 5.10 Å². The van der Waals surface area contributed by atoms with Crippen LogP contribution in [0.1, 0.15) is 24.3 Å². The molecular formula is C10H18N4O2. The lowest BCUT2D eigenvalue weighted by molar-refractivity contribution is 0.0664. The Morgan fingerprint density at radius 2 is 2.38 bits per heavy atom. The van der Waals surface area contributed by atoms with E-state index in [0.717, 1.165) is 0 Å². The number of hydrogen-bond acceptors (Lipinski definition) is 4. The Bertz CT molecular complexity index is 337. The standard InChI is InChI=1S/C10H18N4O2/c1-3-14(5-6-16-4-2)10(15)8-7-9(11)13-12-8/h7H,3-6H2,1-2H3,(H3,11,12,13). The number of aromatic nitrogens is 2. The maximum Gasteiger partial charge on any atom is 0.272 e. The predicted octanol–water partition coefficient (Wildman–Crippen LogP) is 0.491. The zero-order chi connectivity index (χ0) is 12.0.